The lowest BCUT2D eigenvalue weighted by Gasteiger charge is -2.35. The molecule has 2 N–H and O–H groups in total. The topological polar surface area (TPSA) is 106 Å². The monoisotopic (exact) mass is 550 g/mol. The van der Waals surface area contributed by atoms with E-state index in [0.717, 1.165) is 22.3 Å². The summed E-state index contributed by atoms with van der Waals surface area (Å²) in [6.07, 6.45) is 6.10. The van der Waals surface area contributed by atoms with E-state index in [4.69, 9.17) is 4.74 Å². The number of sulfonamides is 1. The number of rotatable bonds is 7. The average molecular weight is 551 g/mol. The third kappa shape index (κ3) is 5.13. The predicted molar refractivity (Wildman–Crippen MR) is 151 cm³/mol. The van der Waals surface area contributed by atoms with Gasteiger partial charge in [0.15, 0.2) is 4.21 Å². The molecule has 0 saturated heterocycles. The molecule has 1 aromatic heterocycles. The number of nitrogens with zero attached hydrogens (tertiary/aromatic N) is 1. The maximum atomic E-state index is 13.2. The number of anilines is 1. The Labute approximate surface area is 226 Å². The summed E-state index contributed by atoms with van der Waals surface area (Å²) < 4.78 is 34.2. The molecule has 38 heavy (non-hydrogen) atoms. The van der Waals surface area contributed by atoms with Gasteiger partial charge in [-0.2, -0.15) is 0 Å². The van der Waals surface area contributed by atoms with Crippen LogP contribution in [0.5, 0.6) is 5.75 Å². The third-order valence-electron chi connectivity index (χ3n) is 7.41. The molecule has 0 atom stereocenters. The smallest absolute Gasteiger partial charge is 0.335 e. The first-order valence-electron chi connectivity index (χ1n) is 12.5. The van der Waals surface area contributed by atoms with Crippen LogP contribution in [-0.4, -0.2) is 31.6 Å². The SMILES string of the molecule is COc1cc(C(=O)O)ccc1NS(=O)(=O)c1cnc(-c2cccc3c(C4CCC(C)(C)CC4)cccc23)s1. The molecule has 0 amide bonds. The number of hydrogen-bond donors (Lipinski definition) is 2. The van der Waals surface area contributed by atoms with Crippen LogP contribution in [0.4, 0.5) is 5.69 Å². The van der Waals surface area contributed by atoms with E-state index >= 15 is 0 Å². The van der Waals surface area contributed by atoms with Crippen molar-refractivity contribution < 1.29 is 23.1 Å². The van der Waals surface area contributed by atoms with Crippen molar-refractivity contribution in [1.82, 2.24) is 4.98 Å². The van der Waals surface area contributed by atoms with Gasteiger partial charge in [-0.15, -0.1) is 11.3 Å². The lowest BCUT2D eigenvalue weighted by molar-refractivity contribution is 0.0696. The molecule has 1 aliphatic carbocycles. The maximum absolute atomic E-state index is 13.2. The van der Waals surface area contributed by atoms with Crippen LogP contribution in [0.3, 0.4) is 0 Å². The first kappa shape index (κ1) is 26.2. The van der Waals surface area contributed by atoms with E-state index in [2.05, 4.69) is 47.8 Å². The molecule has 198 valence electrons. The zero-order chi connectivity index (χ0) is 27.1. The van der Waals surface area contributed by atoms with Gasteiger partial charge in [0.25, 0.3) is 10.0 Å². The van der Waals surface area contributed by atoms with E-state index < -0.39 is 16.0 Å². The first-order valence-corrected chi connectivity index (χ1v) is 14.8. The van der Waals surface area contributed by atoms with Crippen molar-refractivity contribution >= 4 is 43.8 Å². The largest absolute Gasteiger partial charge is 0.495 e. The first-order chi connectivity index (χ1) is 18.1. The highest BCUT2D eigenvalue weighted by atomic mass is 32.2. The van der Waals surface area contributed by atoms with E-state index in [0.29, 0.717) is 16.3 Å². The summed E-state index contributed by atoms with van der Waals surface area (Å²) >= 11 is 1.09. The van der Waals surface area contributed by atoms with Gasteiger partial charge in [-0.25, -0.2) is 18.2 Å². The molecule has 3 aromatic carbocycles. The third-order valence-corrected chi connectivity index (χ3v) is 10.3. The molecule has 0 spiro atoms. The van der Waals surface area contributed by atoms with E-state index in [1.165, 1.54) is 68.1 Å². The fourth-order valence-corrected chi connectivity index (χ4v) is 7.44. The Balaban J connectivity index is 1.46. The van der Waals surface area contributed by atoms with Crippen molar-refractivity contribution in [1.29, 1.82) is 0 Å². The molecule has 1 saturated carbocycles. The highest BCUT2D eigenvalue weighted by molar-refractivity contribution is 7.94. The van der Waals surface area contributed by atoms with Gasteiger partial charge in [-0.1, -0.05) is 50.2 Å². The Morgan fingerprint density at radius 1 is 1.08 bits per heavy atom. The quantitative estimate of drug-likeness (QED) is 0.253. The van der Waals surface area contributed by atoms with E-state index in [1.54, 1.807) is 0 Å². The summed E-state index contributed by atoms with van der Waals surface area (Å²) in [6.45, 7) is 4.68. The molecule has 0 unspecified atom stereocenters. The number of aromatic nitrogens is 1. The minimum absolute atomic E-state index is 0.00265. The van der Waals surface area contributed by atoms with Gasteiger partial charge in [0.1, 0.15) is 10.8 Å². The second kappa shape index (κ2) is 10.0. The Morgan fingerprint density at radius 3 is 2.50 bits per heavy atom. The lowest BCUT2D eigenvalue weighted by Crippen LogP contribution is -2.20. The number of fused-ring (bicyclic) bond motifs is 1. The molecule has 1 aliphatic rings. The predicted octanol–water partition coefficient (Wildman–Crippen LogP) is 7.15. The van der Waals surface area contributed by atoms with Gasteiger partial charge in [-0.05, 0) is 71.6 Å². The number of carboxylic acid groups (broad SMARTS) is 1. The fraction of sp³-hybridized carbons (Fsp3) is 0.310. The van der Waals surface area contributed by atoms with E-state index in [1.807, 2.05) is 12.1 Å². The number of thiazole rings is 1. The maximum Gasteiger partial charge on any atom is 0.335 e. The number of aromatic carboxylic acids is 1. The van der Waals surface area contributed by atoms with Crippen molar-refractivity contribution in [3.63, 3.8) is 0 Å². The molecule has 9 heteroatoms. The molecule has 7 nitrogen and oxygen atoms in total. The number of carboxylic acids is 1. The van der Waals surface area contributed by atoms with Gasteiger partial charge in [0.2, 0.25) is 0 Å². The molecule has 0 radical (unpaired) electrons. The van der Waals surface area contributed by atoms with Crippen LogP contribution < -0.4 is 9.46 Å². The minimum Gasteiger partial charge on any atom is -0.495 e. The lowest BCUT2D eigenvalue weighted by atomic mass is 9.70. The van der Waals surface area contributed by atoms with Crippen molar-refractivity contribution in [3.8, 4) is 16.3 Å². The summed E-state index contributed by atoms with van der Waals surface area (Å²) in [5.74, 6) is -0.498. The Kier molecular flexibility index (Phi) is 6.92. The minimum atomic E-state index is -3.98. The molecular weight excluding hydrogens is 520 g/mol. The van der Waals surface area contributed by atoms with Gasteiger partial charge in [0.05, 0.1) is 24.6 Å². The Morgan fingerprint density at radius 2 is 1.79 bits per heavy atom. The standard InChI is InChI=1S/C29H30N2O5S2/c1-29(2)14-12-18(13-15-29)20-6-4-8-22-21(20)7-5-9-23(22)27-30-17-26(37-27)38(34,35)31-24-11-10-19(28(32)33)16-25(24)36-3/h4-11,16-18,31H,12-15H2,1-3H3,(H,32,33). The van der Waals surface area contributed by atoms with Crippen LogP contribution in [-0.2, 0) is 10.0 Å². The van der Waals surface area contributed by atoms with Gasteiger partial charge in [0, 0.05) is 5.56 Å². The van der Waals surface area contributed by atoms with Gasteiger partial charge < -0.3 is 9.84 Å². The van der Waals surface area contributed by atoms with E-state index in [-0.39, 0.29) is 21.2 Å². The zero-order valence-electron chi connectivity index (χ0n) is 21.5. The fourth-order valence-electron chi connectivity index (χ4n) is 5.20. The zero-order valence-corrected chi connectivity index (χ0v) is 23.2. The van der Waals surface area contributed by atoms with Crippen LogP contribution in [0.1, 0.15) is 61.4 Å². The number of methoxy groups -OCH3 is 1. The summed E-state index contributed by atoms with van der Waals surface area (Å²) in [6, 6.07) is 16.5. The summed E-state index contributed by atoms with van der Waals surface area (Å²) in [4.78, 5) is 15.7. The molecular formula is C29H30N2O5S2. The number of hydrogen-bond acceptors (Lipinski definition) is 6. The van der Waals surface area contributed by atoms with Crippen LogP contribution in [0.25, 0.3) is 21.3 Å². The molecule has 1 heterocycles. The summed E-state index contributed by atoms with van der Waals surface area (Å²) in [7, 11) is -2.62. The molecule has 4 aromatic rings. The second-order valence-corrected chi connectivity index (χ2v) is 13.4. The van der Waals surface area contributed by atoms with Gasteiger partial charge >= 0.3 is 5.97 Å². The Bertz CT molecular complexity index is 1620. The van der Waals surface area contributed by atoms with Crippen LogP contribution >= 0.6 is 11.3 Å². The van der Waals surface area contributed by atoms with Crippen molar-refractivity contribution in [2.45, 2.75) is 49.7 Å². The highest BCUT2D eigenvalue weighted by Gasteiger charge is 2.29. The normalized spacial score (nSPS) is 15.9. The number of nitrogens with one attached hydrogen (secondary N) is 1. The summed E-state index contributed by atoms with van der Waals surface area (Å²) in [5.41, 5.74) is 2.79. The van der Waals surface area contributed by atoms with Crippen LogP contribution in [0.15, 0.2) is 65.0 Å². The average Bonchev–Trinajstić information content (AvgIpc) is 3.39. The van der Waals surface area contributed by atoms with Crippen molar-refractivity contribution in [2.24, 2.45) is 5.41 Å². The highest BCUT2D eigenvalue weighted by Crippen LogP contribution is 2.45. The van der Waals surface area contributed by atoms with Crippen LogP contribution in [0, 0.1) is 5.41 Å². The number of ether oxygens (including phenoxy) is 1. The molecule has 1 fully saturated rings. The number of carbonyl (C=O) groups is 1. The number of benzene rings is 3. The summed E-state index contributed by atoms with van der Waals surface area (Å²) in [5, 5.41) is 12.1. The van der Waals surface area contributed by atoms with Crippen molar-refractivity contribution in [3.05, 3.63) is 71.9 Å². The van der Waals surface area contributed by atoms with Crippen LogP contribution in [0.2, 0.25) is 0 Å². The Hall–Kier alpha value is -3.43. The van der Waals surface area contributed by atoms with E-state index in [9.17, 15) is 18.3 Å². The molecule has 0 aliphatic heterocycles. The van der Waals surface area contributed by atoms with Gasteiger partial charge in [-0.3, -0.25) is 4.72 Å². The second-order valence-electron chi connectivity index (χ2n) is 10.5. The molecule has 0 bridgehead atoms. The van der Waals surface area contributed by atoms with Crippen molar-refractivity contribution in [2.75, 3.05) is 11.8 Å². The molecule has 5 rings (SSSR count).